The number of aromatic nitrogens is 1. The highest BCUT2D eigenvalue weighted by molar-refractivity contribution is 5.85. The monoisotopic (exact) mass is 350 g/mol. The number of nitrogens with one attached hydrogen (secondary N) is 1. The van der Waals surface area contributed by atoms with E-state index in [1.807, 2.05) is 43.3 Å². The molecule has 0 unspecified atom stereocenters. The van der Waals surface area contributed by atoms with Gasteiger partial charge in [-0.25, -0.2) is 0 Å². The zero-order valence-electron chi connectivity index (χ0n) is 15.4. The first-order valence-corrected chi connectivity index (χ1v) is 8.40. The number of aryl methyl sites for hydroxylation is 1. The molecule has 134 valence electrons. The Morgan fingerprint density at radius 2 is 1.77 bits per heavy atom. The SMILES string of the molecule is COc1cc(-c2ccc3[nH]c(C)cc(=O)c3c2)ccc1CC(=O)N(C)C. The van der Waals surface area contributed by atoms with E-state index in [0.29, 0.717) is 11.1 Å². The number of methoxy groups -OCH3 is 1. The maximum atomic E-state index is 12.3. The zero-order valence-corrected chi connectivity index (χ0v) is 15.4. The molecule has 1 aromatic heterocycles. The van der Waals surface area contributed by atoms with Gasteiger partial charge in [-0.2, -0.15) is 0 Å². The lowest BCUT2D eigenvalue weighted by Gasteiger charge is -2.14. The molecule has 0 aliphatic heterocycles. The van der Waals surface area contributed by atoms with Crippen LogP contribution in [0, 0.1) is 6.92 Å². The molecule has 1 amide bonds. The normalized spacial score (nSPS) is 10.8. The van der Waals surface area contributed by atoms with Crippen LogP contribution in [0.3, 0.4) is 0 Å². The number of carbonyl (C=O) groups excluding carboxylic acids is 1. The van der Waals surface area contributed by atoms with Gasteiger partial charge >= 0.3 is 0 Å². The van der Waals surface area contributed by atoms with E-state index in [9.17, 15) is 9.59 Å². The van der Waals surface area contributed by atoms with E-state index in [-0.39, 0.29) is 17.8 Å². The predicted molar refractivity (Wildman–Crippen MR) is 104 cm³/mol. The maximum absolute atomic E-state index is 12.3. The second-order valence-corrected chi connectivity index (χ2v) is 6.57. The molecule has 0 aliphatic rings. The first-order valence-electron chi connectivity index (χ1n) is 8.40. The molecule has 26 heavy (non-hydrogen) atoms. The fourth-order valence-corrected chi connectivity index (χ4v) is 2.95. The smallest absolute Gasteiger partial charge is 0.226 e. The van der Waals surface area contributed by atoms with E-state index in [1.165, 1.54) is 0 Å². The van der Waals surface area contributed by atoms with Crippen molar-refractivity contribution in [3.8, 4) is 16.9 Å². The summed E-state index contributed by atoms with van der Waals surface area (Å²) in [6, 6.07) is 13.1. The summed E-state index contributed by atoms with van der Waals surface area (Å²) in [6.45, 7) is 1.87. The maximum Gasteiger partial charge on any atom is 0.226 e. The largest absolute Gasteiger partial charge is 0.496 e. The minimum absolute atomic E-state index is 0.00161. The van der Waals surface area contributed by atoms with E-state index < -0.39 is 0 Å². The van der Waals surface area contributed by atoms with Crippen molar-refractivity contribution in [3.05, 3.63) is 63.9 Å². The average Bonchev–Trinajstić information content (AvgIpc) is 2.61. The number of fused-ring (bicyclic) bond motifs is 1. The lowest BCUT2D eigenvalue weighted by molar-refractivity contribution is -0.127. The Kier molecular flexibility index (Phi) is 4.80. The topological polar surface area (TPSA) is 62.4 Å². The number of H-pyrrole nitrogens is 1. The van der Waals surface area contributed by atoms with Crippen molar-refractivity contribution >= 4 is 16.8 Å². The van der Waals surface area contributed by atoms with Gasteiger partial charge < -0.3 is 14.6 Å². The van der Waals surface area contributed by atoms with Gasteiger partial charge in [0.2, 0.25) is 5.91 Å². The third kappa shape index (κ3) is 3.47. The van der Waals surface area contributed by atoms with Crippen molar-refractivity contribution < 1.29 is 9.53 Å². The standard InChI is InChI=1S/C21H22N2O3/c1-13-9-19(24)17-10-14(7-8-18(17)22-13)15-5-6-16(20(11-15)26-4)12-21(25)23(2)3/h5-11H,12H2,1-4H3,(H,22,24). The van der Waals surface area contributed by atoms with Crippen molar-refractivity contribution in [2.45, 2.75) is 13.3 Å². The lowest BCUT2D eigenvalue weighted by Crippen LogP contribution is -2.23. The Bertz CT molecular complexity index is 1040. The van der Waals surface area contributed by atoms with E-state index in [2.05, 4.69) is 4.98 Å². The molecule has 3 rings (SSSR count). The number of hydrogen-bond acceptors (Lipinski definition) is 3. The Hall–Kier alpha value is -3.08. The second kappa shape index (κ2) is 7.04. The van der Waals surface area contributed by atoms with Gasteiger partial charge in [0.1, 0.15) is 5.75 Å². The highest BCUT2D eigenvalue weighted by Gasteiger charge is 2.12. The van der Waals surface area contributed by atoms with Crippen LogP contribution in [0.15, 0.2) is 47.3 Å². The highest BCUT2D eigenvalue weighted by Crippen LogP contribution is 2.29. The van der Waals surface area contributed by atoms with Crippen molar-refractivity contribution in [2.24, 2.45) is 0 Å². The van der Waals surface area contributed by atoms with Crippen LogP contribution in [0.1, 0.15) is 11.3 Å². The molecule has 3 aromatic rings. The second-order valence-electron chi connectivity index (χ2n) is 6.57. The molecule has 5 heteroatoms. The molecule has 2 aromatic carbocycles. The predicted octanol–water partition coefficient (Wildman–Crippen LogP) is 3.14. The van der Waals surface area contributed by atoms with Gasteiger partial charge in [0.25, 0.3) is 0 Å². The highest BCUT2D eigenvalue weighted by atomic mass is 16.5. The molecule has 0 fully saturated rings. The summed E-state index contributed by atoms with van der Waals surface area (Å²) in [5, 5.41) is 0.652. The van der Waals surface area contributed by atoms with Crippen molar-refractivity contribution in [1.82, 2.24) is 9.88 Å². The van der Waals surface area contributed by atoms with Gasteiger partial charge in [-0.05, 0) is 36.2 Å². The van der Waals surface area contributed by atoms with Gasteiger partial charge in [0, 0.05) is 42.3 Å². The summed E-state index contributed by atoms with van der Waals surface area (Å²) < 4.78 is 5.48. The average molecular weight is 350 g/mol. The molecule has 5 nitrogen and oxygen atoms in total. The molecule has 1 heterocycles. The fraction of sp³-hybridized carbons (Fsp3) is 0.238. The molecule has 0 spiro atoms. The minimum atomic E-state index is -0.00161. The fourth-order valence-electron chi connectivity index (χ4n) is 2.95. The number of nitrogens with zero attached hydrogens (tertiary/aromatic N) is 1. The quantitative estimate of drug-likeness (QED) is 0.786. The summed E-state index contributed by atoms with van der Waals surface area (Å²) in [5.41, 5.74) is 4.36. The van der Waals surface area contributed by atoms with Crippen molar-refractivity contribution in [2.75, 3.05) is 21.2 Å². The number of carbonyl (C=O) groups is 1. The first kappa shape index (κ1) is 17.7. The number of benzene rings is 2. The number of pyridine rings is 1. The van der Waals surface area contributed by atoms with Crippen LogP contribution in [-0.2, 0) is 11.2 Å². The zero-order chi connectivity index (χ0) is 18.8. The lowest BCUT2D eigenvalue weighted by atomic mass is 9.99. The van der Waals surface area contributed by atoms with Crippen LogP contribution in [0.25, 0.3) is 22.0 Å². The summed E-state index contributed by atoms with van der Waals surface area (Å²) >= 11 is 0. The molecule has 0 atom stereocenters. The summed E-state index contributed by atoms with van der Waals surface area (Å²) in [5.74, 6) is 0.680. The number of hydrogen-bond donors (Lipinski definition) is 1. The Morgan fingerprint density at radius 1 is 1.08 bits per heavy atom. The third-order valence-corrected chi connectivity index (χ3v) is 4.43. The van der Waals surface area contributed by atoms with Gasteiger partial charge in [0.05, 0.1) is 13.5 Å². The van der Waals surface area contributed by atoms with Crippen LogP contribution in [0.2, 0.25) is 0 Å². The number of rotatable bonds is 4. The summed E-state index contributed by atoms with van der Waals surface area (Å²) in [4.78, 5) is 29.0. The summed E-state index contributed by atoms with van der Waals surface area (Å²) in [7, 11) is 5.06. The molecule has 0 saturated heterocycles. The van der Waals surface area contributed by atoms with Crippen LogP contribution in [-0.4, -0.2) is 37.0 Å². The van der Waals surface area contributed by atoms with Crippen LogP contribution < -0.4 is 10.2 Å². The molecule has 0 aliphatic carbocycles. The van der Waals surface area contributed by atoms with Crippen LogP contribution in [0.4, 0.5) is 0 Å². The minimum Gasteiger partial charge on any atom is -0.496 e. The Morgan fingerprint density at radius 3 is 2.46 bits per heavy atom. The number of ether oxygens (including phenoxy) is 1. The van der Waals surface area contributed by atoms with E-state index >= 15 is 0 Å². The number of amides is 1. The Labute approximate surface area is 152 Å². The van der Waals surface area contributed by atoms with Crippen LogP contribution >= 0.6 is 0 Å². The number of aromatic amines is 1. The van der Waals surface area contributed by atoms with Crippen molar-refractivity contribution in [1.29, 1.82) is 0 Å². The third-order valence-electron chi connectivity index (χ3n) is 4.43. The van der Waals surface area contributed by atoms with E-state index in [0.717, 1.165) is 27.9 Å². The van der Waals surface area contributed by atoms with Gasteiger partial charge in [-0.1, -0.05) is 18.2 Å². The van der Waals surface area contributed by atoms with E-state index in [4.69, 9.17) is 4.74 Å². The van der Waals surface area contributed by atoms with Gasteiger partial charge in [-0.3, -0.25) is 9.59 Å². The molecule has 1 N–H and O–H groups in total. The number of likely N-dealkylation sites (N-methyl/N-ethyl adjacent to an activating group) is 1. The molecule has 0 saturated carbocycles. The molecule has 0 bridgehead atoms. The first-order chi connectivity index (χ1) is 12.4. The van der Waals surface area contributed by atoms with Crippen LogP contribution in [0.5, 0.6) is 5.75 Å². The van der Waals surface area contributed by atoms with Crippen molar-refractivity contribution in [3.63, 3.8) is 0 Å². The summed E-state index contributed by atoms with van der Waals surface area (Å²) in [6.07, 6.45) is 0.285. The Balaban J connectivity index is 2.03. The molecule has 0 radical (unpaired) electrons. The van der Waals surface area contributed by atoms with Gasteiger partial charge in [-0.15, -0.1) is 0 Å². The van der Waals surface area contributed by atoms with E-state index in [1.54, 1.807) is 32.2 Å². The molecular weight excluding hydrogens is 328 g/mol. The molecular formula is C21H22N2O3. The van der Waals surface area contributed by atoms with Gasteiger partial charge in [0.15, 0.2) is 5.43 Å².